The van der Waals surface area contributed by atoms with Crippen LogP contribution in [0, 0.1) is 0 Å². The molecule has 31 heavy (non-hydrogen) atoms. The second kappa shape index (κ2) is 6.94. The number of fused-ring (bicyclic) bond motifs is 3. The number of amides is 2. The minimum absolute atomic E-state index is 0.273. The van der Waals surface area contributed by atoms with E-state index in [0.29, 0.717) is 39.5 Å². The van der Waals surface area contributed by atoms with Gasteiger partial charge in [-0.25, -0.2) is 9.67 Å². The molecule has 0 aliphatic carbocycles. The van der Waals surface area contributed by atoms with Gasteiger partial charge in [-0.3, -0.25) is 14.5 Å². The number of rotatable bonds is 4. The molecule has 1 aliphatic rings. The molecule has 0 radical (unpaired) electrons. The number of aromatic nitrogens is 3. The van der Waals surface area contributed by atoms with Gasteiger partial charge in [-0.1, -0.05) is 12.1 Å². The fraction of sp³-hybridized carbons (Fsp3) is 0.130. The Labute approximate surface area is 177 Å². The van der Waals surface area contributed by atoms with E-state index < -0.39 is 0 Å². The van der Waals surface area contributed by atoms with Crippen molar-refractivity contribution in [2.75, 3.05) is 21.3 Å². The normalized spacial score (nSPS) is 13.1. The zero-order chi connectivity index (χ0) is 21.7. The van der Waals surface area contributed by atoms with Crippen molar-refractivity contribution in [1.82, 2.24) is 19.7 Å². The Hall–Kier alpha value is -4.20. The Bertz CT molecular complexity index is 1360. The third-order valence-corrected chi connectivity index (χ3v) is 5.43. The molecule has 0 saturated heterocycles. The van der Waals surface area contributed by atoms with Gasteiger partial charge in [0.25, 0.3) is 11.8 Å². The van der Waals surface area contributed by atoms with E-state index in [2.05, 4.69) is 4.98 Å². The summed E-state index contributed by atoms with van der Waals surface area (Å²) in [6.07, 6.45) is 1.44. The highest BCUT2D eigenvalue weighted by Gasteiger charge is 2.37. The minimum atomic E-state index is -0.375. The standard InChI is InChI=1S/C23H18N4O4/c1-26-22(28)15-12-24-21-19(18(15)23(26)29)20(13-8-10-14(30-2)11-9-13)25-27(21)16-6-4-5-7-17(16)31-3/h4-12H,1-3H3. The largest absolute Gasteiger partial charge is 0.497 e. The van der Waals surface area contributed by atoms with Crippen LogP contribution in [0.3, 0.4) is 0 Å². The number of benzene rings is 2. The Balaban J connectivity index is 1.87. The van der Waals surface area contributed by atoms with Crippen molar-refractivity contribution >= 4 is 22.8 Å². The summed E-state index contributed by atoms with van der Waals surface area (Å²) in [5.74, 6) is 0.559. The average Bonchev–Trinajstić information content (AvgIpc) is 3.30. The molecule has 0 atom stereocenters. The SMILES string of the molecule is COc1ccc(-c2nn(-c3ccccc3OC)c3ncc4c(c23)C(=O)N(C)C4=O)cc1. The fourth-order valence-electron chi connectivity index (χ4n) is 3.83. The summed E-state index contributed by atoms with van der Waals surface area (Å²) in [5, 5.41) is 5.33. The number of pyridine rings is 1. The van der Waals surface area contributed by atoms with E-state index in [9.17, 15) is 9.59 Å². The van der Waals surface area contributed by atoms with Crippen molar-refractivity contribution in [1.29, 1.82) is 0 Å². The summed E-state index contributed by atoms with van der Waals surface area (Å²) >= 11 is 0. The van der Waals surface area contributed by atoms with Crippen LogP contribution in [0.2, 0.25) is 0 Å². The molecule has 154 valence electrons. The quantitative estimate of drug-likeness (QED) is 0.476. The van der Waals surface area contributed by atoms with Gasteiger partial charge in [0, 0.05) is 18.8 Å². The zero-order valence-electron chi connectivity index (χ0n) is 17.1. The van der Waals surface area contributed by atoms with Gasteiger partial charge in [0.2, 0.25) is 0 Å². The maximum Gasteiger partial charge on any atom is 0.262 e. The Morgan fingerprint density at radius 2 is 1.65 bits per heavy atom. The predicted molar refractivity (Wildman–Crippen MR) is 114 cm³/mol. The van der Waals surface area contributed by atoms with E-state index in [-0.39, 0.29) is 17.4 Å². The average molecular weight is 414 g/mol. The van der Waals surface area contributed by atoms with E-state index in [1.54, 1.807) is 18.9 Å². The van der Waals surface area contributed by atoms with Crippen LogP contribution < -0.4 is 9.47 Å². The molecule has 0 fully saturated rings. The molecular weight excluding hydrogens is 396 g/mol. The molecule has 0 spiro atoms. The molecule has 5 rings (SSSR count). The van der Waals surface area contributed by atoms with Crippen molar-refractivity contribution in [3.05, 3.63) is 65.9 Å². The van der Waals surface area contributed by atoms with Crippen molar-refractivity contribution < 1.29 is 19.1 Å². The third-order valence-electron chi connectivity index (χ3n) is 5.43. The third kappa shape index (κ3) is 2.68. The number of carbonyl (C=O) groups is 2. The van der Waals surface area contributed by atoms with Crippen LogP contribution in [0.1, 0.15) is 20.7 Å². The van der Waals surface area contributed by atoms with Crippen LogP contribution in [-0.2, 0) is 0 Å². The molecule has 4 aromatic rings. The molecule has 2 aromatic carbocycles. The van der Waals surface area contributed by atoms with Gasteiger partial charge in [0.15, 0.2) is 5.65 Å². The lowest BCUT2D eigenvalue weighted by molar-refractivity contribution is 0.0693. The van der Waals surface area contributed by atoms with Crippen molar-refractivity contribution in [2.45, 2.75) is 0 Å². The molecule has 2 aromatic heterocycles. The van der Waals surface area contributed by atoms with Gasteiger partial charge in [-0.2, -0.15) is 5.10 Å². The number of carbonyl (C=O) groups excluding carboxylic acids is 2. The summed E-state index contributed by atoms with van der Waals surface area (Å²) < 4.78 is 12.4. The van der Waals surface area contributed by atoms with Gasteiger partial charge < -0.3 is 9.47 Å². The van der Waals surface area contributed by atoms with Crippen molar-refractivity contribution in [3.63, 3.8) is 0 Å². The summed E-state index contributed by atoms with van der Waals surface area (Å²) in [7, 11) is 4.64. The second-order valence-electron chi connectivity index (χ2n) is 7.08. The van der Waals surface area contributed by atoms with Crippen molar-refractivity contribution in [2.24, 2.45) is 0 Å². The van der Waals surface area contributed by atoms with E-state index in [1.807, 2.05) is 48.5 Å². The minimum Gasteiger partial charge on any atom is -0.497 e. The highest BCUT2D eigenvalue weighted by Crippen LogP contribution is 2.37. The highest BCUT2D eigenvalue weighted by atomic mass is 16.5. The number of imide groups is 1. The lowest BCUT2D eigenvalue weighted by Crippen LogP contribution is -2.24. The van der Waals surface area contributed by atoms with E-state index in [1.165, 1.54) is 13.2 Å². The molecule has 1 aliphatic heterocycles. The lowest BCUT2D eigenvalue weighted by atomic mass is 10.0. The maximum atomic E-state index is 13.0. The van der Waals surface area contributed by atoms with Gasteiger partial charge in [-0.05, 0) is 36.4 Å². The Morgan fingerprint density at radius 1 is 0.903 bits per heavy atom. The van der Waals surface area contributed by atoms with Crippen LogP contribution in [0.4, 0.5) is 0 Å². The topological polar surface area (TPSA) is 86.6 Å². The number of hydrogen-bond acceptors (Lipinski definition) is 6. The van der Waals surface area contributed by atoms with E-state index in [4.69, 9.17) is 14.6 Å². The van der Waals surface area contributed by atoms with E-state index in [0.717, 1.165) is 10.5 Å². The van der Waals surface area contributed by atoms with Crippen LogP contribution in [-0.4, -0.2) is 52.7 Å². The monoisotopic (exact) mass is 414 g/mol. The Kier molecular flexibility index (Phi) is 4.21. The first kappa shape index (κ1) is 18.8. The van der Waals surface area contributed by atoms with E-state index >= 15 is 0 Å². The molecular formula is C23H18N4O4. The highest BCUT2D eigenvalue weighted by molar-refractivity contribution is 6.27. The van der Waals surface area contributed by atoms with Crippen LogP contribution in [0.15, 0.2) is 54.7 Å². The molecule has 0 N–H and O–H groups in total. The lowest BCUT2D eigenvalue weighted by Gasteiger charge is -2.08. The molecule has 0 saturated carbocycles. The van der Waals surface area contributed by atoms with Gasteiger partial charge >= 0.3 is 0 Å². The summed E-state index contributed by atoms with van der Waals surface area (Å²) in [4.78, 5) is 31.2. The second-order valence-corrected chi connectivity index (χ2v) is 7.08. The van der Waals surface area contributed by atoms with Gasteiger partial charge in [0.1, 0.15) is 22.9 Å². The first-order valence-corrected chi connectivity index (χ1v) is 9.57. The first-order valence-electron chi connectivity index (χ1n) is 9.57. The molecule has 0 unspecified atom stereocenters. The molecule has 3 heterocycles. The van der Waals surface area contributed by atoms with Crippen LogP contribution >= 0.6 is 0 Å². The zero-order valence-corrected chi connectivity index (χ0v) is 17.1. The summed E-state index contributed by atoms with van der Waals surface area (Å²) in [6, 6.07) is 14.8. The molecule has 8 nitrogen and oxygen atoms in total. The van der Waals surface area contributed by atoms with Gasteiger partial charge in [0.05, 0.1) is 30.7 Å². The molecule has 2 amide bonds. The number of para-hydroxylation sites is 2. The smallest absolute Gasteiger partial charge is 0.262 e. The van der Waals surface area contributed by atoms with Crippen molar-refractivity contribution in [3.8, 4) is 28.4 Å². The summed E-state index contributed by atoms with van der Waals surface area (Å²) in [6.45, 7) is 0. The first-order chi connectivity index (χ1) is 15.0. The van der Waals surface area contributed by atoms with Crippen LogP contribution in [0.25, 0.3) is 28.0 Å². The molecule has 8 heteroatoms. The van der Waals surface area contributed by atoms with Crippen LogP contribution in [0.5, 0.6) is 11.5 Å². The number of hydrogen-bond donors (Lipinski definition) is 0. The fourth-order valence-corrected chi connectivity index (χ4v) is 3.83. The van der Waals surface area contributed by atoms with Gasteiger partial charge in [-0.15, -0.1) is 0 Å². The Morgan fingerprint density at radius 3 is 2.35 bits per heavy atom. The summed E-state index contributed by atoms with van der Waals surface area (Å²) in [5.41, 5.74) is 3.03. The number of methoxy groups -OCH3 is 2. The number of ether oxygens (including phenoxy) is 2. The number of nitrogens with zero attached hydrogens (tertiary/aromatic N) is 4. The molecule has 0 bridgehead atoms. The predicted octanol–water partition coefficient (Wildman–Crippen LogP) is 3.33. The maximum absolute atomic E-state index is 13.0.